The van der Waals surface area contributed by atoms with Crippen molar-refractivity contribution in [3.05, 3.63) is 77.4 Å². The number of piperidine rings is 1. The fraction of sp³-hybridized carbons (Fsp3) is 0.484. The Hall–Kier alpha value is -3.37. The second-order valence-corrected chi connectivity index (χ2v) is 11.4. The van der Waals surface area contributed by atoms with Gasteiger partial charge in [-0.1, -0.05) is 18.2 Å². The number of nitrogens with zero attached hydrogens (tertiary/aromatic N) is 4. The molecule has 1 aromatic heterocycles. The van der Waals surface area contributed by atoms with Crippen molar-refractivity contribution in [2.45, 2.75) is 76.3 Å². The van der Waals surface area contributed by atoms with Crippen molar-refractivity contribution >= 4 is 17.4 Å². The first-order valence-electron chi connectivity index (χ1n) is 14.6. The van der Waals surface area contributed by atoms with Gasteiger partial charge in [0, 0.05) is 67.8 Å². The molecule has 6 rings (SSSR count). The minimum atomic E-state index is -4.42. The van der Waals surface area contributed by atoms with Gasteiger partial charge in [0.25, 0.3) is 0 Å². The molecule has 2 saturated heterocycles. The Labute approximate surface area is 238 Å². The number of hydrogen-bond acceptors (Lipinski definition) is 4. The van der Waals surface area contributed by atoms with Gasteiger partial charge in [-0.15, -0.1) is 0 Å². The Kier molecular flexibility index (Phi) is 7.78. The van der Waals surface area contributed by atoms with Crippen LogP contribution in [0.1, 0.15) is 60.9 Å². The van der Waals surface area contributed by atoms with Crippen LogP contribution in [0.25, 0.3) is 0 Å². The molecule has 0 aliphatic carbocycles. The molecular weight excluding hydrogens is 529 g/mol. The zero-order valence-electron chi connectivity index (χ0n) is 23.3. The molecule has 2 aromatic carbocycles. The zero-order valence-corrected chi connectivity index (χ0v) is 23.3. The van der Waals surface area contributed by atoms with Crippen LogP contribution >= 0.6 is 0 Å². The maximum atomic E-state index is 13.3. The molecule has 4 heterocycles. The maximum Gasteiger partial charge on any atom is 0.416 e. The number of para-hydroxylation sites is 1. The number of rotatable bonds is 7. The number of hydrogen-bond donors (Lipinski definition) is 2. The van der Waals surface area contributed by atoms with Crippen LogP contribution in [-0.4, -0.2) is 52.2 Å². The molecule has 2 amide bonds. The number of imidazole rings is 1. The molecule has 0 saturated carbocycles. The minimum Gasteiger partial charge on any atom is -0.329 e. The van der Waals surface area contributed by atoms with E-state index < -0.39 is 11.7 Å². The molecule has 2 fully saturated rings. The van der Waals surface area contributed by atoms with Gasteiger partial charge in [0.05, 0.1) is 11.3 Å². The fourth-order valence-corrected chi connectivity index (χ4v) is 7.07. The number of aryl methyl sites for hydroxylation is 1. The summed E-state index contributed by atoms with van der Waals surface area (Å²) in [6.45, 7) is 5.43. The Bertz CT molecular complexity index is 1340. The summed E-state index contributed by atoms with van der Waals surface area (Å²) >= 11 is 0. The van der Waals surface area contributed by atoms with Crippen LogP contribution in [0, 0.1) is 6.92 Å². The zero-order chi connectivity index (χ0) is 28.6. The number of halogens is 3. The van der Waals surface area contributed by atoms with Crippen molar-refractivity contribution in [3.8, 4) is 0 Å². The second kappa shape index (κ2) is 11.5. The smallest absolute Gasteiger partial charge is 0.329 e. The van der Waals surface area contributed by atoms with Gasteiger partial charge >= 0.3 is 12.2 Å². The standard InChI is InChI=1S/C31H37F3N6O/c1-21-36-28-20-35-15-14-29(28)40(21)27-18-25-12-13-26(19-27)38(25)16-5-17-39(24-6-3-2-4-7-24)30(41)37-23-10-8-22(9-11-23)31(32,33)34/h2-4,6-11,25-27,35H,5,12-20H2,1H3,(H,37,41). The fourth-order valence-electron chi connectivity index (χ4n) is 7.07. The number of benzene rings is 2. The summed E-state index contributed by atoms with van der Waals surface area (Å²) in [5.41, 5.74) is 2.97. The average Bonchev–Trinajstić information content (AvgIpc) is 3.41. The molecule has 0 radical (unpaired) electrons. The normalized spacial score (nSPS) is 22.4. The highest BCUT2D eigenvalue weighted by Gasteiger charge is 2.42. The van der Waals surface area contributed by atoms with Crippen molar-refractivity contribution in [3.63, 3.8) is 0 Å². The van der Waals surface area contributed by atoms with Gasteiger partial charge in [-0.2, -0.15) is 13.2 Å². The van der Waals surface area contributed by atoms with Crippen molar-refractivity contribution in [2.75, 3.05) is 29.9 Å². The quantitative estimate of drug-likeness (QED) is 0.360. The number of fused-ring (bicyclic) bond motifs is 3. The summed E-state index contributed by atoms with van der Waals surface area (Å²) in [4.78, 5) is 22.5. The third-order valence-electron chi connectivity index (χ3n) is 8.90. The number of amides is 2. The first-order valence-corrected chi connectivity index (χ1v) is 14.6. The van der Waals surface area contributed by atoms with Gasteiger partial charge in [-0.25, -0.2) is 9.78 Å². The lowest BCUT2D eigenvalue weighted by Gasteiger charge is -2.40. The summed E-state index contributed by atoms with van der Waals surface area (Å²) in [5.74, 6) is 1.13. The van der Waals surface area contributed by atoms with Gasteiger partial charge in [0.1, 0.15) is 5.82 Å². The Morgan fingerprint density at radius 3 is 2.44 bits per heavy atom. The molecule has 2 bridgehead atoms. The predicted octanol–water partition coefficient (Wildman–Crippen LogP) is 6.15. The molecule has 218 valence electrons. The highest BCUT2D eigenvalue weighted by molar-refractivity contribution is 6.01. The molecule has 7 nitrogen and oxygen atoms in total. The lowest BCUT2D eigenvalue weighted by molar-refractivity contribution is -0.137. The molecule has 2 atom stereocenters. The third kappa shape index (κ3) is 5.85. The summed E-state index contributed by atoms with van der Waals surface area (Å²) in [6.07, 6.45) is 2.09. The number of carbonyl (C=O) groups is 1. The highest BCUT2D eigenvalue weighted by atomic mass is 19.4. The largest absolute Gasteiger partial charge is 0.416 e. The van der Waals surface area contributed by atoms with Crippen LogP contribution in [0.15, 0.2) is 54.6 Å². The van der Waals surface area contributed by atoms with E-state index in [0.717, 1.165) is 69.0 Å². The predicted molar refractivity (Wildman–Crippen MR) is 153 cm³/mol. The number of aromatic nitrogens is 2. The Morgan fingerprint density at radius 2 is 1.76 bits per heavy atom. The van der Waals surface area contributed by atoms with E-state index in [1.54, 1.807) is 4.90 Å². The topological polar surface area (TPSA) is 65.4 Å². The molecule has 0 spiro atoms. The van der Waals surface area contributed by atoms with Crippen LogP contribution < -0.4 is 15.5 Å². The lowest BCUT2D eigenvalue weighted by atomic mass is 9.96. The van der Waals surface area contributed by atoms with E-state index in [1.807, 2.05) is 30.3 Å². The van der Waals surface area contributed by atoms with Gasteiger partial charge in [0.2, 0.25) is 0 Å². The van der Waals surface area contributed by atoms with E-state index >= 15 is 0 Å². The van der Waals surface area contributed by atoms with Gasteiger partial charge in [0.15, 0.2) is 0 Å². The first-order chi connectivity index (χ1) is 19.8. The van der Waals surface area contributed by atoms with Crippen molar-refractivity contribution in [1.82, 2.24) is 19.8 Å². The molecular formula is C31H37F3N6O. The van der Waals surface area contributed by atoms with Gasteiger partial charge in [-0.05, 0) is 75.4 Å². The molecule has 10 heteroatoms. The lowest BCUT2D eigenvalue weighted by Crippen LogP contribution is -2.45. The molecule has 3 aliphatic heterocycles. The summed E-state index contributed by atoms with van der Waals surface area (Å²) in [5, 5.41) is 6.22. The van der Waals surface area contributed by atoms with Crippen molar-refractivity contribution in [2.24, 2.45) is 0 Å². The van der Waals surface area contributed by atoms with Gasteiger partial charge < -0.3 is 15.2 Å². The van der Waals surface area contributed by atoms with Gasteiger partial charge in [-0.3, -0.25) is 9.80 Å². The summed E-state index contributed by atoms with van der Waals surface area (Å²) in [7, 11) is 0. The number of carbonyl (C=O) groups excluding carboxylic acids is 1. The molecule has 41 heavy (non-hydrogen) atoms. The first kappa shape index (κ1) is 27.8. The van der Waals surface area contributed by atoms with Crippen LogP contribution in [-0.2, 0) is 19.1 Å². The van der Waals surface area contributed by atoms with Crippen LogP contribution in [0.3, 0.4) is 0 Å². The van der Waals surface area contributed by atoms with E-state index in [2.05, 4.69) is 27.0 Å². The monoisotopic (exact) mass is 566 g/mol. The summed E-state index contributed by atoms with van der Waals surface area (Å²) < 4.78 is 41.4. The van der Waals surface area contributed by atoms with Crippen LogP contribution in [0.2, 0.25) is 0 Å². The number of alkyl halides is 3. The average molecular weight is 567 g/mol. The Balaban J connectivity index is 1.09. The molecule has 3 aromatic rings. The Morgan fingerprint density at radius 1 is 1.05 bits per heavy atom. The number of urea groups is 1. The van der Waals surface area contributed by atoms with E-state index in [9.17, 15) is 18.0 Å². The molecule has 2 N–H and O–H groups in total. The maximum absolute atomic E-state index is 13.3. The van der Waals surface area contributed by atoms with Crippen LogP contribution in [0.4, 0.5) is 29.3 Å². The number of nitrogens with one attached hydrogen (secondary N) is 2. The second-order valence-electron chi connectivity index (χ2n) is 11.4. The van der Waals surface area contributed by atoms with E-state index in [1.165, 1.54) is 36.4 Å². The summed E-state index contributed by atoms with van der Waals surface area (Å²) in [6, 6.07) is 15.2. The van der Waals surface area contributed by atoms with E-state index in [4.69, 9.17) is 4.98 Å². The minimum absolute atomic E-state index is 0.330. The molecule has 3 aliphatic rings. The third-order valence-corrected chi connectivity index (χ3v) is 8.90. The van der Waals surface area contributed by atoms with Crippen molar-refractivity contribution < 1.29 is 18.0 Å². The molecule has 2 unspecified atom stereocenters. The number of anilines is 2. The van der Waals surface area contributed by atoms with E-state index in [-0.39, 0.29) is 6.03 Å². The van der Waals surface area contributed by atoms with E-state index in [0.29, 0.717) is 30.4 Å². The SMILES string of the molecule is Cc1nc2c(n1C1CC3CCC(C1)N3CCCN(C(=O)Nc1ccc(C(F)(F)F)cc1)c1ccccc1)CCNC2. The van der Waals surface area contributed by atoms with Crippen LogP contribution in [0.5, 0.6) is 0 Å². The van der Waals surface area contributed by atoms with Crippen molar-refractivity contribution in [1.29, 1.82) is 0 Å². The highest BCUT2D eigenvalue weighted by Crippen LogP contribution is 2.42.